The molecule has 5 nitrogen and oxygen atoms in total. The first kappa shape index (κ1) is 12.6. The van der Waals surface area contributed by atoms with Gasteiger partial charge in [0, 0.05) is 0 Å². The maximum Gasteiger partial charge on any atom is 0.319 e. The molecule has 0 aromatic rings. The molecular formula is C9H14O5. The molecule has 0 saturated carbocycles. The molecule has 1 unspecified atom stereocenters. The topological polar surface area (TPSA) is 69.7 Å². The van der Waals surface area contributed by atoms with Crippen molar-refractivity contribution in [1.29, 1.82) is 0 Å². The highest BCUT2D eigenvalue weighted by Gasteiger charge is 2.41. The second-order valence-electron chi connectivity index (χ2n) is 3.13. The number of ketones is 1. The Labute approximate surface area is 82.4 Å². The standard InChI is InChI=1S/C9H14O5/c1-6(10)9(2,8(12)14-4)5-7(11)13-3/h5H2,1-4H3. The van der Waals surface area contributed by atoms with Crippen molar-refractivity contribution in [2.75, 3.05) is 14.2 Å². The zero-order valence-electron chi connectivity index (χ0n) is 8.75. The molecule has 1 atom stereocenters. The third-order valence-electron chi connectivity index (χ3n) is 2.14. The fourth-order valence-electron chi connectivity index (χ4n) is 0.926. The molecule has 0 heterocycles. The summed E-state index contributed by atoms with van der Waals surface area (Å²) in [7, 11) is 2.36. The molecule has 0 saturated heterocycles. The van der Waals surface area contributed by atoms with E-state index in [1.54, 1.807) is 0 Å². The molecular weight excluding hydrogens is 188 g/mol. The fourth-order valence-corrected chi connectivity index (χ4v) is 0.926. The van der Waals surface area contributed by atoms with Crippen molar-refractivity contribution in [3.63, 3.8) is 0 Å². The number of carbonyl (C=O) groups excluding carboxylic acids is 3. The van der Waals surface area contributed by atoms with Gasteiger partial charge >= 0.3 is 11.9 Å². The Hall–Kier alpha value is -1.39. The van der Waals surface area contributed by atoms with Gasteiger partial charge in [-0.25, -0.2) is 0 Å². The van der Waals surface area contributed by atoms with Gasteiger partial charge in [-0.15, -0.1) is 0 Å². The van der Waals surface area contributed by atoms with Crippen molar-refractivity contribution in [2.45, 2.75) is 20.3 Å². The minimum atomic E-state index is -1.44. The van der Waals surface area contributed by atoms with Crippen LogP contribution in [0.1, 0.15) is 20.3 Å². The predicted molar refractivity (Wildman–Crippen MR) is 47.4 cm³/mol. The van der Waals surface area contributed by atoms with Crippen LogP contribution in [0.3, 0.4) is 0 Å². The summed E-state index contributed by atoms with van der Waals surface area (Å²) in [5, 5.41) is 0. The molecule has 0 aromatic heterocycles. The lowest BCUT2D eigenvalue weighted by Gasteiger charge is -2.21. The second kappa shape index (κ2) is 4.74. The lowest BCUT2D eigenvalue weighted by molar-refractivity contribution is -0.162. The first-order valence-electron chi connectivity index (χ1n) is 4.04. The number of hydrogen-bond acceptors (Lipinski definition) is 5. The summed E-state index contributed by atoms with van der Waals surface area (Å²) in [5.41, 5.74) is -1.44. The summed E-state index contributed by atoms with van der Waals surface area (Å²) < 4.78 is 8.85. The number of carbonyl (C=O) groups is 3. The number of hydrogen-bond donors (Lipinski definition) is 0. The van der Waals surface area contributed by atoms with Crippen LogP contribution >= 0.6 is 0 Å². The van der Waals surface area contributed by atoms with Gasteiger partial charge < -0.3 is 9.47 Å². The van der Waals surface area contributed by atoms with Gasteiger partial charge in [0.2, 0.25) is 0 Å². The minimum Gasteiger partial charge on any atom is -0.469 e. The Morgan fingerprint density at radius 1 is 1.14 bits per heavy atom. The van der Waals surface area contributed by atoms with E-state index in [-0.39, 0.29) is 6.42 Å². The Morgan fingerprint density at radius 2 is 1.64 bits per heavy atom. The van der Waals surface area contributed by atoms with Gasteiger partial charge in [0.15, 0.2) is 0 Å². The number of esters is 2. The van der Waals surface area contributed by atoms with Crippen LogP contribution in [0.2, 0.25) is 0 Å². The van der Waals surface area contributed by atoms with Gasteiger partial charge in [-0.3, -0.25) is 14.4 Å². The van der Waals surface area contributed by atoms with E-state index in [9.17, 15) is 14.4 Å². The maximum absolute atomic E-state index is 11.3. The fraction of sp³-hybridized carbons (Fsp3) is 0.667. The van der Waals surface area contributed by atoms with E-state index in [2.05, 4.69) is 9.47 Å². The van der Waals surface area contributed by atoms with Gasteiger partial charge in [0.1, 0.15) is 11.2 Å². The first-order valence-corrected chi connectivity index (χ1v) is 4.04. The third-order valence-corrected chi connectivity index (χ3v) is 2.14. The lowest BCUT2D eigenvalue weighted by Crippen LogP contribution is -2.38. The zero-order valence-corrected chi connectivity index (χ0v) is 8.75. The Kier molecular flexibility index (Phi) is 4.27. The molecule has 5 heteroatoms. The quantitative estimate of drug-likeness (QED) is 0.485. The van der Waals surface area contributed by atoms with Crippen LogP contribution in [-0.4, -0.2) is 31.9 Å². The summed E-state index contributed by atoms with van der Waals surface area (Å²) in [6, 6.07) is 0. The molecule has 0 N–H and O–H groups in total. The van der Waals surface area contributed by atoms with Crippen molar-refractivity contribution >= 4 is 17.7 Å². The average Bonchev–Trinajstić information content (AvgIpc) is 2.15. The van der Waals surface area contributed by atoms with Gasteiger partial charge in [-0.1, -0.05) is 0 Å². The number of methoxy groups -OCH3 is 2. The van der Waals surface area contributed by atoms with Gasteiger partial charge in [0.05, 0.1) is 20.6 Å². The van der Waals surface area contributed by atoms with Crippen LogP contribution in [0.4, 0.5) is 0 Å². The monoisotopic (exact) mass is 202 g/mol. The van der Waals surface area contributed by atoms with E-state index in [0.29, 0.717) is 0 Å². The number of Topliss-reactive ketones (excluding diaryl/α,β-unsaturated/α-hetero) is 1. The summed E-state index contributed by atoms with van der Waals surface area (Å²) in [6.45, 7) is 2.60. The van der Waals surface area contributed by atoms with Gasteiger partial charge in [0.25, 0.3) is 0 Å². The molecule has 0 bridgehead atoms. The third kappa shape index (κ3) is 2.55. The Balaban J connectivity index is 4.82. The van der Waals surface area contributed by atoms with E-state index in [4.69, 9.17) is 0 Å². The first-order chi connectivity index (χ1) is 6.38. The number of ether oxygens (including phenoxy) is 2. The highest BCUT2D eigenvalue weighted by molar-refractivity contribution is 6.04. The van der Waals surface area contributed by atoms with Crippen LogP contribution in [0, 0.1) is 5.41 Å². The van der Waals surface area contributed by atoms with E-state index in [1.807, 2.05) is 0 Å². The molecule has 0 amide bonds. The molecule has 0 spiro atoms. The van der Waals surface area contributed by atoms with Crippen LogP contribution < -0.4 is 0 Å². The summed E-state index contributed by atoms with van der Waals surface area (Å²) in [6.07, 6.45) is -0.300. The molecule has 14 heavy (non-hydrogen) atoms. The maximum atomic E-state index is 11.3. The lowest BCUT2D eigenvalue weighted by atomic mass is 9.83. The van der Waals surface area contributed by atoms with Crippen LogP contribution in [0.5, 0.6) is 0 Å². The molecule has 0 rings (SSSR count). The van der Waals surface area contributed by atoms with Gasteiger partial charge in [-0.2, -0.15) is 0 Å². The molecule has 0 radical (unpaired) electrons. The Bertz CT molecular complexity index is 258. The normalized spacial score (nSPS) is 14.0. The van der Waals surface area contributed by atoms with Crippen LogP contribution in [0.25, 0.3) is 0 Å². The van der Waals surface area contributed by atoms with Crippen molar-refractivity contribution < 1.29 is 23.9 Å². The molecule has 0 aliphatic rings. The molecule has 80 valence electrons. The summed E-state index contributed by atoms with van der Waals surface area (Å²) >= 11 is 0. The second-order valence-corrected chi connectivity index (χ2v) is 3.13. The molecule has 0 aromatic carbocycles. The van der Waals surface area contributed by atoms with E-state index >= 15 is 0 Å². The van der Waals surface area contributed by atoms with Crippen LogP contribution in [-0.2, 0) is 23.9 Å². The molecule has 0 aliphatic heterocycles. The van der Waals surface area contributed by atoms with Crippen molar-refractivity contribution in [3.8, 4) is 0 Å². The van der Waals surface area contributed by atoms with Crippen molar-refractivity contribution in [1.82, 2.24) is 0 Å². The SMILES string of the molecule is COC(=O)CC(C)(C(C)=O)C(=O)OC. The van der Waals surface area contributed by atoms with E-state index in [1.165, 1.54) is 28.1 Å². The molecule has 0 fully saturated rings. The average molecular weight is 202 g/mol. The number of rotatable bonds is 4. The zero-order chi connectivity index (χ0) is 11.4. The van der Waals surface area contributed by atoms with Crippen molar-refractivity contribution in [2.24, 2.45) is 5.41 Å². The van der Waals surface area contributed by atoms with Crippen LogP contribution in [0.15, 0.2) is 0 Å². The summed E-state index contributed by atoms with van der Waals surface area (Å²) in [5.74, 6) is -1.77. The molecule has 0 aliphatic carbocycles. The summed E-state index contributed by atoms with van der Waals surface area (Å²) in [4.78, 5) is 33.5. The minimum absolute atomic E-state index is 0.300. The Morgan fingerprint density at radius 3 is 1.93 bits per heavy atom. The van der Waals surface area contributed by atoms with E-state index in [0.717, 1.165) is 0 Å². The van der Waals surface area contributed by atoms with Crippen molar-refractivity contribution in [3.05, 3.63) is 0 Å². The van der Waals surface area contributed by atoms with E-state index < -0.39 is 23.1 Å². The smallest absolute Gasteiger partial charge is 0.319 e. The largest absolute Gasteiger partial charge is 0.469 e. The predicted octanol–water partition coefficient (Wildman–Crippen LogP) is 0.318. The highest BCUT2D eigenvalue weighted by Crippen LogP contribution is 2.24. The highest BCUT2D eigenvalue weighted by atomic mass is 16.5. The van der Waals surface area contributed by atoms with Gasteiger partial charge in [-0.05, 0) is 13.8 Å².